The van der Waals surface area contributed by atoms with Gasteiger partial charge in [0.25, 0.3) is 0 Å². The Labute approximate surface area is 91.2 Å². The summed E-state index contributed by atoms with van der Waals surface area (Å²) in [7, 11) is 0. The van der Waals surface area contributed by atoms with Crippen LogP contribution in [0.4, 0.5) is 8.78 Å². The molecule has 0 atom stereocenters. The molecule has 1 aliphatic rings. The van der Waals surface area contributed by atoms with Gasteiger partial charge in [-0.15, -0.1) is 0 Å². The summed E-state index contributed by atoms with van der Waals surface area (Å²) in [5.74, 6) is -2.17. The van der Waals surface area contributed by atoms with E-state index >= 15 is 0 Å². The van der Waals surface area contributed by atoms with Gasteiger partial charge in [-0.3, -0.25) is 4.79 Å². The Morgan fingerprint density at radius 1 is 1.19 bits per heavy atom. The van der Waals surface area contributed by atoms with Gasteiger partial charge in [-0.25, -0.2) is 8.78 Å². The molecule has 0 radical (unpaired) electrons. The summed E-state index contributed by atoms with van der Waals surface area (Å²) < 4.78 is 26.1. The first-order chi connectivity index (χ1) is 7.58. The molecule has 0 aliphatic heterocycles. The average Bonchev–Trinajstić information content (AvgIpc) is 2.25. The summed E-state index contributed by atoms with van der Waals surface area (Å²) in [4.78, 5) is 11.0. The van der Waals surface area contributed by atoms with Gasteiger partial charge in [0, 0.05) is 24.5 Å². The van der Waals surface area contributed by atoms with E-state index in [-0.39, 0.29) is 17.8 Å². The van der Waals surface area contributed by atoms with Crippen LogP contribution < -0.4 is 0 Å². The maximum absolute atomic E-state index is 13.1. The number of Topliss-reactive ketones (excluding diaryl/α,β-unsaturated/α-hetero) is 1. The van der Waals surface area contributed by atoms with Crippen LogP contribution in [0.25, 0.3) is 5.57 Å². The van der Waals surface area contributed by atoms with Crippen LogP contribution in [0.1, 0.15) is 24.8 Å². The van der Waals surface area contributed by atoms with Crippen molar-refractivity contribution in [3.05, 3.63) is 35.4 Å². The number of phenolic OH excluding ortho intramolecular Hbond substituents is 1. The Morgan fingerprint density at radius 2 is 1.94 bits per heavy atom. The molecule has 2 nitrogen and oxygen atoms in total. The summed E-state index contributed by atoms with van der Waals surface area (Å²) in [6.45, 7) is 0. The lowest BCUT2D eigenvalue weighted by Crippen LogP contribution is -2.03. The van der Waals surface area contributed by atoms with E-state index in [0.29, 0.717) is 24.5 Å². The summed E-state index contributed by atoms with van der Waals surface area (Å²) in [5.41, 5.74) is 0.764. The van der Waals surface area contributed by atoms with Crippen molar-refractivity contribution in [2.75, 3.05) is 0 Å². The van der Waals surface area contributed by atoms with E-state index in [9.17, 15) is 18.7 Å². The van der Waals surface area contributed by atoms with Crippen molar-refractivity contribution in [2.45, 2.75) is 19.3 Å². The molecule has 2 rings (SSSR count). The highest BCUT2D eigenvalue weighted by molar-refractivity contribution is 5.87. The van der Waals surface area contributed by atoms with Gasteiger partial charge in [-0.05, 0) is 18.1 Å². The van der Waals surface area contributed by atoms with E-state index in [1.165, 1.54) is 0 Å². The number of hydrogen-bond acceptors (Lipinski definition) is 2. The highest BCUT2D eigenvalue weighted by Gasteiger charge is 2.17. The van der Waals surface area contributed by atoms with Gasteiger partial charge in [0.15, 0.2) is 11.6 Å². The van der Waals surface area contributed by atoms with Gasteiger partial charge < -0.3 is 5.11 Å². The van der Waals surface area contributed by atoms with E-state index < -0.39 is 17.4 Å². The third kappa shape index (κ3) is 1.96. The molecule has 1 aliphatic carbocycles. The third-order valence-electron chi connectivity index (χ3n) is 2.62. The van der Waals surface area contributed by atoms with Crippen molar-refractivity contribution >= 4 is 11.4 Å². The zero-order chi connectivity index (χ0) is 11.7. The number of ketones is 1. The fraction of sp³-hybridized carbons (Fsp3) is 0.250. The number of hydrogen-bond donors (Lipinski definition) is 1. The quantitative estimate of drug-likeness (QED) is 0.796. The molecule has 0 unspecified atom stereocenters. The van der Waals surface area contributed by atoms with Crippen LogP contribution in [0, 0.1) is 11.6 Å². The first kappa shape index (κ1) is 10.8. The molecule has 1 aromatic rings. The molecule has 0 bridgehead atoms. The number of carbonyl (C=O) groups excluding carboxylic acids is 1. The molecule has 16 heavy (non-hydrogen) atoms. The molecule has 0 saturated carbocycles. The van der Waals surface area contributed by atoms with E-state index in [1.807, 2.05) is 0 Å². The van der Waals surface area contributed by atoms with Gasteiger partial charge in [0.1, 0.15) is 11.6 Å². The zero-order valence-electron chi connectivity index (χ0n) is 8.46. The summed E-state index contributed by atoms with van der Waals surface area (Å²) in [6.07, 6.45) is 2.63. The van der Waals surface area contributed by atoms with Crippen LogP contribution in [0.3, 0.4) is 0 Å². The lowest BCUT2D eigenvalue weighted by molar-refractivity contribution is -0.118. The molecule has 0 fully saturated rings. The number of allylic oxidation sites excluding steroid dienone is 2. The Bertz CT molecular complexity index is 478. The number of halogens is 2. The molecular weight excluding hydrogens is 214 g/mol. The number of carbonyl (C=O) groups is 1. The van der Waals surface area contributed by atoms with Gasteiger partial charge in [0.2, 0.25) is 0 Å². The van der Waals surface area contributed by atoms with Crippen molar-refractivity contribution in [3.63, 3.8) is 0 Å². The second-order valence-electron chi connectivity index (χ2n) is 3.76. The monoisotopic (exact) mass is 224 g/mol. The molecule has 0 amide bonds. The van der Waals surface area contributed by atoms with Gasteiger partial charge >= 0.3 is 0 Å². The largest absolute Gasteiger partial charge is 0.504 e. The van der Waals surface area contributed by atoms with Crippen LogP contribution in [0.15, 0.2) is 18.2 Å². The number of benzene rings is 1. The molecule has 1 aromatic carbocycles. The first-order valence-corrected chi connectivity index (χ1v) is 4.97. The Kier molecular flexibility index (Phi) is 2.73. The fourth-order valence-corrected chi connectivity index (χ4v) is 1.77. The number of phenols is 1. The normalized spacial score (nSPS) is 16.1. The molecular formula is C12H10F2O2. The van der Waals surface area contributed by atoms with E-state index in [2.05, 4.69) is 0 Å². The van der Waals surface area contributed by atoms with E-state index in [4.69, 9.17) is 0 Å². The Morgan fingerprint density at radius 3 is 2.56 bits per heavy atom. The highest BCUT2D eigenvalue weighted by Crippen LogP contribution is 2.33. The molecule has 0 spiro atoms. The molecule has 0 aromatic heterocycles. The SMILES string of the molecule is O=C1CC=C(c2cc(F)cc(F)c2O)CC1. The van der Waals surface area contributed by atoms with Crippen LogP contribution in [0.2, 0.25) is 0 Å². The second kappa shape index (κ2) is 4.04. The van der Waals surface area contributed by atoms with E-state index in [0.717, 1.165) is 6.07 Å². The highest BCUT2D eigenvalue weighted by atomic mass is 19.1. The fourth-order valence-electron chi connectivity index (χ4n) is 1.77. The maximum atomic E-state index is 13.1. The standard InChI is InChI=1S/C12H10F2O2/c13-8-5-10(12(16)11(14)6-8)7-1-3-9(15)4-2-7/h1,5-6,16H,2-4H2. The van der Waals surface area contributed by atoms with Crippen molar-refractivity contribution in [3.8, 4) is 5.75 Å². The van der Waals surface area contributed by atoms with Crippen molar-refractivity contribution in [2.24, 2.45) is 0 Å². The smallest absolute Gasteiger partial charge is 0.168 e. The van der Waals surface area contributed by atoms with Gasteiger partial charge in [-0.2, -0.15) is 0 Å². The predicted molar refractivity (Wildman–Crippen MR) is 54.9 cm³/mol. The molecule has 0 heterocycles. The minimum atomic E-state index is -0.979. The molecule has 1 N–H and O–H groups in total. The van der Waals surface area contributed by atoms with Crippen LogP contribution in [0.5, 0.6) is 5.75 Å². The van der Waals surface area contributed by atoms with Gasteiger partial charge in [-0.1, -0.05) is 6.08 Å². The van der Waals surface area contributed by atoms with Crippen LogP contribution >= 0.6 is 0 Å². The van der Waals surface area contributed by atoms with E-state index in [1.54, 1.807) is 6.08 Å². The lowest BCUT2D eigenvalue weighted by Gasteiger charge is -2.14. The predicted octanol–water partition coefficient (Wildman–Crippen LogP) is 2.81. The van der Waals surface area contributed by atoms with Crippen LogP contribution in [-0.4, -0.2) is 10.9 Å². The summed E-state index contributed by atoms with van der Waals surface area (Å²) in [5, 5.41) is 9.47. The lowest BCUT2D eigenvalue weighted by atomic mass is 9.92. The summed E-state index contributed by atoms with van der Waals surface area (Å²) in [6, 6.07) is 1.72. The Hall–Kier alpha value is -1.71. The minimum absolute atomic E-state index is 0.0973. The zero-order valence-corrected chi connectivity index (χ0v) is 8.46. The van der Waals surface area contributed by atoms with Crippen molar-refractivity contribution < 1.29 is 18.7 Å². The topological polar surface area (TPSA) is 37.3 Å². The van der Waals surface area contributed by atoms with Crippen molar-refractivity contribution in [1.82, 2.24) is 0 Å². The number of rotatable bonds is 1. The van der Waals surface area contributed by atoms with Gasteiger partial charge in [0.05, 0.1) is 0 Å². The molecule has 84 valence electrons. The molecule has 4 heteroatoms. The average molecular weight is 224 g/mol. The minimum Gasteiger partial charge on any atom is -0.504 e. The molecule has 0 saturated heterocycles. The first-order valence-electron chi connectivity index (χ1n) is 4.97. The summed E-state index contributed by atoms with van der Waals surface area (Å²) >= 11 is 0. The Balaban J connectivity index is 2.44. The third-order valence-corrected chi connectivity index (χ3v) is 2.62. The number of aromatic hydroxyl groups is 1. The van der Waals surface area contributed by atoms with Crippen LogP contribution in [-0.2, 0) is 4.79 Å². The van der Waals surface area contributed by atoms with Crippen molar-refractivity contribution in [1.29, 1.82) is 0 Å². The maximum Gasteiger partial charge on any atom is 0.168 e. The second-order valence-corrected chi connectivity index (χ2v) is 3.76.